The highest BCUT2D eigenvalue weighted by molar-refractivity contribution is 7.89. The number of nitrogens with one attached hydrogen (secondary N) is 1. The van der Waals surface area contributed by atoms with Crippen LogP contribution in [0.1, 0.15) is 18.0 Å². The van der Waals surface area contributed by atoms with Crippen molar-refractivity contribution >= 4 is 15.7 Å². The van der Waals surface area contributed by atoms with Gasteiger partial charge in [-0.1, -0.05) is 18.2 Å². The summed E-state index contributed by atoms with van der Waals surface area (Å²) in [6, 6.07) is 8.43. The lowest BCUT2D eigenvalue weighted by molar-refractivity contribution is 0.519. The van der Waals surface area contributed by atoms with Crippen LogP contribution in [0.4, 0.5) is 5.69 Å². The van der Waals surface area contributed by atoms with Crippen molar-refractivity contribution < 1.29 is 8.42 Å². The minimum Gasteiger partial charge on any atom is -0.370 e. The highest BCUT2D eigenvalue weighted by Gasteiger charge is 2.23. The Kier molecular flexibility index (Phi) is 3.89. The lowest BCUT2D eigenvalue weighted by Crippen LogP contribution is -2.38. The molecule has 6 heteroatoms. The summed E-state index contributed by atoms with van der Waals surface area (Å²) in [5.41, 5.74) is 2.33. The van der Waals surface area contributed by atoms with Crippen molar-refractivity contribution in [1.29, 1.82) is 0 Å². The Labute approximate surface area is 108 Å². The molecule has 5 nitrogen and oxygen atoms in total. The summed E-state index contributed by atoms with van der Waals surface area (Å²) < 4.78 is 22.1. The Balaban J connectivity index is 2.20. The molecule has 1 aliphatic rings. The Morgan fingerprint density at radius 3 is 2.83 bits per heavy atom. The molecule has 0 radical (unpaired) electrons. The number of hydrogen-bond donors (Lipinski definition) is 2. The van der Waals surface area contributed by atoms with Crippen LogP contribution >= 0.6 is 0 Å². The lowest BCUT2D eigenvalue weighted by atomic mass is 9.96. The third-order valence-electron chi connectivity index (χ3n) is 3.33. The number of para-hydroxylation sites is 1. The molecule has 1 aromatic rings. The Bertz CT molecular complexity index is 516. The molecule has 3 N–H and O–H groups in total. The van der Waals surface area contributed by atoms with Crippen LogP contribution in [0.3, 0.4) is 0 Å². The van der Waals surface area contributed by atoms with E-state index in [1.165, 1.54) is 5.56 Å². The van der Waals surface area contributed by atoms with Gasteiger partial charge in [0.2, 0.25) is 10.0 Å². The highest BCUT2D eigenvalue weighted by Crippen LogP contribution is 2.32. The van der Waals surface area contributed by atoms with Gasteiger partial charge in [0.05, 0.1) is 5.75 Å². The fourth-order valence-electron chi connectivity index (χ4n) is 2.40. The maximum Gasteiger partial charge on any atom is 0.210 e. The first-order valence-corrected chi connectivity index (χ1v) is 7.74. The van der Waals surface area contributed by atoms with Crippen molar-refractivity contribution in [2.75, 3.05) is 30.8 Å². The maximum atomic E-state index is 11.0. The molecule has 0 saturated carbocycles. The van der Waals surface area contributed by atoms with Crippen LogP contribution in [0.2, 0.25) is 0 Å². The second kappa shape index (κ2) is 5.26. The van der Waals surface area contributed by atoms with Crippen molar-refractivity contribution in [3.05, 3.63) is 29.8 Å². The van der Waals surface area contributed by atoms with E-state index in [4.69, 9.17) is 5.14 Å². The fraction of sp³-hybridized carbons (Fsp3) is 0.500. The van der Waals surface area contributed by atoms with Crippen LogP contribution in [0, 0.1) is 0 Å². The molecule has 0 amide bonds. The van der Waals surface area contributed by atoms with Crippen LogP contribution in [0.15, 0.2) is 24.3 Å². The molecule has 0 fully saturated rings. The van der Waals surface area contributed by atoms with E-state index in [-0.39, 0.29) is 5.75 Å². The lowest BCUT2D eigenvalue weighted by Gasteiger charge is -2.35. The third kappa shape index (κ3) is 3.01. The van der Waals surface area contributed by atoms with Gasteiger partial charge in [0.1, 0.15) is 0 Å². The quantitative estimate of drug-likeness (QED) is 0.832. The maximum absolute atomic E-state index is 11.0. The van der Waals surface area contributed by atoms with Gasteiger partial charge in [0.25, 0.3) is 0 Å². The number of nitrogens with two attached hydrogens (primary N) is 1. The van der Waals surface area contributed by atoms with Crippen LogP contribution in [0.5, 0.6) is 0 Å². The van der Waals surface area contributed by atoms with E-state index in [0.717, 1.165) is 18.7 Å². The zero-order valence-electron chi connectivity index (χ0n) is 10.5. The summed E-state index contributed by atoms with van der Waals surface area (Å²) in [4.78, 5) is 2.09. The molecule has 0 aromatic heterocycles. The van der Waals surface area contributed by atoms with E-state index in [0.29, 0.717) is 12.6 Å². The first-order chi connectivity index (χ1) is 8.51. The monoisotopic (exact) mass is 269 g/mol. The average Bonchev–Trinajstić information content (AvgIpc) is 2.35. The predicted octanol–water partition coefficient (Wildman–Crippen LogP) is 0.446. The predicted molar refractivity (Wildman–Crippen MR) is 73.0 cm³/mol. The number of primary sulfonamides is 1. The minimum atomic E-state index is -3.40. The summed E-state index contributed by atoms with van der Waals surface area (Å²) >= 11 is 0. The zero-order valence-corrected chi connectivity index (χ0v) is 11.3. The molecule has 2 rings (SSSR count). The summed E-state index contributed by atoms with van der Waals surface area (Å²) in [5.74, 6) is -0.00838. The van der Waals surface area contributed by atoms with Gasteiger partial charge in [-0.15, -0.1) is 0 Å². The van der Waals surface area contributed by atoms with Gasteiger partial charge in [0, 0.05) is 24.8 Å². The molecule has 18 heavy (non-hydrogen) atoms. The molecule has 0 spiro atoms. The van der Waals surface area contributed by atoms with Gasteiger partial charge >= 0.3 is 0 Å². The number of hydrogen-bond acceptors (Lipinski definition) is 4. The van der Waals surface area contributed by atoms with Gasteiger partial charge in [-0.3, -0.25) is 0 Å². The van der Waals surface area contributed by atoms with E-state index in [2.05, 4.69) is 16.3 Å². The van der Waals surface area contributed by atoms with Crippen LogP contribution in [0.25, 0.3) is 0 Å². The van der Waals surface area contributed by atoms with Crippen molar-refractivity contribution in [2.45, 2.75) is 12.5 Å². The van der Waals surface area contributed by atoms with Crippen molar-refractivity contribution in [3.8, 4) is 0 Å². The minimum absolute atomic E-state index is 0.00838. The SMILES string of the molecule is CNC1CCN(CCS(N)(=O)=O)c2ccccc21. The second-order valence-corrected chi connectivity index (χ2v) is 6.28. The standard InChI is InChI=1S/C12H19N3O2S/c1-14-11-6-7-15(8-9-18(13,16)17)12-5-3-2-4-10(11)12/h2-5,11,14H,6-9H2,1H3,(H2,13,16,17). The van der Waals surface area contributed by atoms with Gasteiger partial charge in [-0.2, -0.15) is 0 Å². The van der Waals surface area contributed by atoms with Gasteiger partial charge in [-0.25, -0.2) is 13.6 Å². The third-order valence-corrected chi connectivity index (χ3v) is 4.09. The molecule has 0 bridgehead atoms. The normalized spacial score (nSPS) is 19.7. The Morgan fingerprint density at radius 2 is 2.17 bits per heavy atom. The number of rotatable bonds is 4. The molecule has 1 heterocycles. The Morgan fingerprint density at radius 1 is 1.44 bits per heavy atom. The number of fused-ring (bicyclic) bond motifs is 1. The summed E-state index contributed by atoms with van der Waals surface area (Å²) in [6.07, 6.45) is 0.970. The molecule has 100 valence electrons. The van der Waals surface area contributed by atoms with Gasteiger partial charge in [0.15, 0.2) is 0 Å². The van der Waals surface area contributed by atoms with E-state index in [1.807, 2.05) is 25.2 Å². The van der Waals surface area contributed by atoms with Crippen molar-refractivity contribution in [2.24, 2.45) is 5.14 Å². The first-order valence-electron chi connectivity index (χ1n) is 6.03. The van der Waals surface area contributed by atoms with Gasteiger partial charge in [-0.05, 0) is 25.1 Å². The highest BCUT2D eigenvalue weighted by atomic mass is 32.2. The number of anilines is 1. The number of sulfonamides is 1. The summed E-state index contributed by atoms with van der Waals surface area (Å²) in [7, 11) is -1.46. The van der Waals surface area contributed by atoms with Crippen LogP contribution in [-0.4, -0.2) is 34.3 Å². The fourth-order valence-corrected chi connectivity index (χ4v) is 2.88. The molecule has 0 saturated heterocycles. The van der Waals surface area contributed by atoms with Crippen molar-refractivity contribution in [1.82, 2.24) is 5.32 Å². The molecular formula is C12H19N3O2S. The summed E-state index contributed by atoms with van der Waals surface area (Å²) in [6.45, 7) is 1.30. The van der Waals surface area contributed by atoms with Crippen LogP contribution < -0.4 is 15.4 Å². The molecule has 1 atom stereocenters. The Hall–Kier alpha value is -1.11. The zero-order chi connectivity index (χ0) is 13.2. The number of benzene rings is 1. The summed E-state index contributed by atoms with van der Waals surface area (Å²) in [5, 5.41) is 8.34. The largest absolute Gasteiger partial charge is 0.370 e. The molecule has 1 aromatic carbocycles. The van der Waals surface area contributed by atoms with E-state index >= 15 is 0 Å². The van der Waals surface area contributed by atoms with E-state index in [9.17, 15) is 8.42 Å². The van der Waals surface area contributed by atoms with Crippen LogP contribution in [-0.2, 0) is 10.0 Å². The van der Waals surface area contributed by atoms with E-state index in [1.54, 1.807) is 0 Å². The van der Waals surface area contributed by atoms with Gasteiger partial charge < -0.3 is 10.2 Å². The average molecular weight is 269 g/mol. The van der Waals surface area contributed by atoms with Crippen molar-refractivity contribution in [3.63, 3.8) is 0 Å². The topological polar surface area (TPSA) is 75.4 Å². The molecular weight excluding hydrogens is 250 g/mol. The van der Waals surface area contributed by atoms with E-state index < -0.39 is 10.0 Å². The second-order valence-electron chi connectivity index (χ2n) is 4.54. The number of nitrogens with zero attached hydrogens (tertiary/aromatic N) is 1. The first kappa shape index (κ1) is 13.3. The molecule has 0 aliphatic carbocycles. The molecule has 1 aliphatic heterocycles. The molecule has 1 unspecified atom stereocenters. The smallest absolute Gasteiger partial charge is 0.210 e.